The third-order valence-electron chi connectivity index (χ3n) is 2.94. The Labute approximate surface area is 91.6 Å². The molecule has 2 heteroatoms. The van der Waals surface area contributed by atoms with Gasteiger partial charge in [-0.3, -0.25) is 0 Å². The maximum Gasteiger partial charge on any atom is 0.124 e. The average Bonchev–Trinajstić information content (AvgIpc) is 2.28. The second-order valence-electron chi connectivity index (χ2n) is 4.26. The van der Waals surface area contributed by atoms with Crippen LogP contribution in [0.25, 0.3) is 0 Å². The van der Waals surface area contributed by atoms with Crippen LogP contribution in [0.1, 0.15) is 31.9 Å². The first kappa shape index (κ1) is 10.5. The zero-order valence-corrected chi connectivity index (χ0v) is 9.49. The molecule has 0 amide bonds. The molecule has 1 N–H and O–H groups in total. The van der Waals surface area contributed by atoms with Gasteiger partial charge in [0.15, 0.2) is 0 Å². The van der Waals surface area contributed by atoms with Crippen molar-refractivity contribution in [2.45, 2.75) is 26.3 Å². The lowest BCUT2D eigenvalue weighted by Gasteiger charge is -2.32. The summed E-state index contributed by atoms with van der Waals surface area (Å²) >= 11 is 0. The Morgan fingerprint density at radius 3 is 3.00 bits per heavy atom. The second-order valence-corrected chi connectivity index (χ2v) is 4.26. The van der Waals surface area contributed by atoms with Crippen molar-refractivity contribution in [3.05, 3.63) is 29.8 Å². The van der Waals surface area contributed by atoms with Crippen molar-refractivity contribution in [1.29, 1.82) is 0 Å². The number of hydrogen-bond donors (Lipinski definition) is 1. The molecular weight excluding hydrogens is 186 g/mol. The van der Waals surface area contributed by atoms with Crippen LogP contribution in [0.5, 0.6) is 5.75 Å². The molecule has 1 aromatic carbocycles. The molecule has 2 atom stereocenters. The summed E-state index contributed by atoms with van der Waals surface area (Å²) in [6.45, 7) is 6.33. The van der Waals surface area contributed by atoms with Crippen LogP contribution in [0, 0.1) is 5.92 Å². The SMILES string of the molecule is CCCNC1c2ccccc2OCC1C. The fourth-order valence-electron chi connectivity index (χ4n) is 2.10. The summed E-state index contributed by atoms with van der Waals surface area (Å²) in [5, 5.41) is 3.60. The van der Waals surface area contributed by atoms with E-state index in [0.29, 0.717) is 12.0 Å². The smallest absolute Gasteiger partial charge is 0.124 e. The lowest BCUT2D eigenvalue weighted by molar-refractivity contribution is 0.189. The number of fused-ring (bicyclic) bond motifs is 1. The predicted octanol–water partition coefficient (Wildman–Crippen LogP) is 2.76. The Bertz CT molecular complexity index is 324. The summed E-state index contributed by atoms with van der Waals surface area (Å²) in [5.41, 5.74) is 1.31. The van der Waals surface area contributed by atoms with Gasteiger partial charge in [0.05, 0.1) is 6.61 Å². The number of benzene rings is 1. The fourth-order valence-corrected chi connectivity index (χ4v) is 2.10. The molecule has 0 spiro atoms. The molecule has 0 fully saturated rings. The Hall–Kier alpha value is -1.02. The van der Waals surface area contributed by atoms with E-state index in [1.54, 1.807) is 0 Å². The summed E-state index contributed by atoms with van der Waals surface area (Å²) in [6.07, 6.45) is 1.17. The minimum atomic E-state index is 0.454. The molecule has 1 aliphatic rings. The third kappa shape index (κ3) is 2.15. The van der Waals surface area contributed by atoms with Gasteiger partial charge < -0.3 is 10.1 Å². The molecule has 0 saturated heterocycles. The van der Waals surface area contributed by atoms with E-state index in [9.17, 15) is 0 Å². The highest BCUT2D eigenvalue weighted by Gasteiger charge is 2.26. The largest absolute Gasteiger partial charge is 0.493 e. The first-order chi connectivity index (χ1) is 7.33. The summed E-state index contributed by atoms with van der Waals surface area (Å²) in [7, 11) is 0. The summed E-state index contributed by atoms with van der Waals surface area (Å²) in [4.78, 5) is 0. The van der Waals surface area contributed by atoms with Crippen molar-refractivity contribution in [3.63, 3.8) is 0 Å². The zero-order chi connectivity index (χ0) is 10.7. The molecule has 0 aliphatic carbocycles. The van der Waals surface area contributed by atoms with E-state index in [2.05, 4.69) is 37.4 Å². The van der Waals surface area contributed by atoms with Crippen molar-refractivity contribution in [3.8, 4) is 5.75 Å². The maximum atomic E-state index is 5.71. The molecule has 0 radical (unpaired) electrons. The molecule has 0 aromatic heterocycles. The Kier molecular flexibility index (Phi) is 3.27. The van der Waals surface area contributed by atoms with E-state index < -0.39 is 0 Å². The van der Waals surface area contributed by atoms with Gasteiger partial charge in [0.25, 0.3) is 0 Å². The molecular formula is C13H19NO. The van der Waals surface area contributed by atoms with Gasteiger partial charge in [-0.1, -0.05) is 32.0 Å². The predicted molar refractivity (Wildman–Crippen MR) is 62.1 cm³/mol. The molecule has 1 heterocycles. The van der Waals surface area contributed by atoms with Crippen LogP contribution in [0.2, 0.25) is 0 Å². The van der Waals surface area contributed by atoms with Crippen molar-refractivity contribution in [1.82, 2.24) is 5.32 Å². The van der Waals surface area contributed by atoms with Crippen LogP contribution >= 0.6 is 0 Å². The van der Waals surface area contributed by atoms with E-state index >= 15 is 0 Å². The molecule has 2 rings (SSSR count). The van der Waals surface area contributed by atoms with Crippen molar-refractivity contribution < 1.29 is 4.74 Å². The number of hydrogen-bond acceptors (Lipinski definition) is 2. The lowest BCUT2D eigenvalue weighted by Crippen LogP contribution is -2.34. The Morgan fingerprint density at radius 1 is 1.40 bits per heavy atom. The summed E-state index contributed by atoms with van der Waals surface area (Å²) in [6, 6.07) is 8.79. The molecule has 0 saturated carbocycles. The van der Waals surface area contributed by atoms with Crippen LogP contribution in [-0.2, 0) is 0 Å². The van der Waals surface area contributed by atoms with Gasteiger partial charge >= 0.3 is 0 Å². The van der Waals surface area contributed by atoms with Gasteiger partial charge in [0, 0.05) is 17.5 Å². The van der Waals surface area contributed by atoms with Gasteiger partial charge in [-0.25, -0.2) is 0 Å². The number of rotatable bonds is 3. The van der Waals surface area contributed by atoms with E-state index in [1.165, 1.54) is 12.0 Å². The standard InChI is InChI=1S/C13H19NO/c1-3-8-14-13-10(2)9-15-12-7-5-4-6-11(12)13/h4-7,10,13-14H,3,8-9H2,1-2H3. The van der Waals surface area contributed by atoms with Crippen molar-refractivity contribution in [2.75, 3.05) is 13.2 Å². The minimum absolute atomic E-state index is 0.454. The topological polar surface area (TPSA) is 21.3 Å². The van der Waals surface area contributed by atoms with Gasteiger partial charge in [-0.15, -0.1) is 0 Å². The normalized spacial score (nSPS) is 24.4. The third-order valence-corrected chi connectivity index (χ3v) is 2.94. The van der Waals surface area contributed by atoms with Gasteiger partial charge in [0.2, 0.25) is 0 Å². The van der Waals surface area contributed by atoms with Crippen molar-refractivity contribution >= 4 is 0 Å². The molecule has 2 unspecified atom stereocenters. The van der Waals surface area contributed by atoms with Gasteiger partial charge in [-0.05, 0) is 19.0 Å². The number of ether oxygens (including phenoxy) is 1. The molecule has 15 heavy (non-hydrogen) atoms. The quantitative estimate of drug-likeness (QED) is 0.819. The zero-order valence-electron chi connectivity index (χ0n) is 9.49. The van der Waals surface area contributed by atoms with Crippen LogP contribution in [0.3, 0.4) is 0 Å². The van der Waals surface area contributed by atoms with Crippen LogP contribution in [0.4, 0.5) is 0 Å². The van der Waals surface area contributed by atoms with E-state index in [1.807, 2.05) is 6.07 Å². The maximum absolute atomic E-state index is 5.71. The number of para-hydroxylation sites is 1. The van der Waals surface area contributed by atoms with Gasteiger partial charge in [-0.2, -0.15) is 0 Å². The van der Waals surface area contributed by atoms with Crippen molar-refractivity contribution in [2.24, 2.45) is 5.92 Å². The van der Waals surface area contributed by atoms with E-state index in [0.717, 1.165) is 18.9 Å². The second kappa shape index (κ2) is 4.67. The van der Waals surface area contributed by atoms with Crippen LogP contribution in [0.15, 0.2) is 24.3 Å². The molecule has 1 aromatic rings. The average molecular weight is 205 g/mol. The monoisotopic (exact) mass is 205 g/mol. The Morgan fingerprint density at radius 2 is 2.20 bits per heavy atom. The number of nitrogens with one attached hydrogen (secondary N) is 1. The van der Waals surface area contributed by atoms with E-state index in [-0.39, 0.29) is 0 Å². The Balaban J connectivity index is 2.21. The highest BCUT2D eigenvalue weighted by molar-refractivity contribution is 5.37. The summed E-state index contributed by atoms with van der Waals surface area (Å²) < 4.78 is 5.71. The van der Waals surface area contributed by atoms with Gasteiger partial charge in [0.1, 0.15) is 5.75 Å². The van der Waals surface area contributed by atoms with E-state index in [4.69, 9.17) is 4.74 Å². The van der Waals surface area contributed by atoms with Crippen LogP contribution < -0.4 is 10.1 Å². The fraction of sp³-hybridized carbons (Fsp3) is 0.538. The molecule has 2 nitrogen and oxygen atoms in total. The van der Waals surface area contributed by atoms with Crippen LogP contribution in [-0.4, -0.2) is 13.2 Å². The molecule has 82 valence electrons. The first-order valence-electron chi connectivity index (χ1n) is 5.78. The highest BCUT2D eigenvalue weighted by Crippen LogP contribution is 2.34. The summed E-state index contributed by atoms with van der Waals surface area (Å²) in [5.74, 6) is 1.59. The minimum Gasteiger partial charge on any atom is -0.493 e. The lowest BCUT2D eigenvalue weighted by atomic mass is 9.92. The molecule has 1 aliphatic heterocycles. The first-order valence-corrected chi connectivity index (χ1v) is 5.78. The molecule has 0 bridgehead atoms. The highest BCUT2D eigenvalue weighted by atomic mass is 16.5.